The minimum Gasteiger partial charge on any atom is -0.512 e. The van der Waals surface area contributed by atoms with Crippen molar-refractivity contribution in [2.45, 2.75) is 6.42 Å². The fraction of sp³-hybridized carbons (Fsp3) is 0.118. The lowest BCUT2D eigenvalue weighted by Gasteiger charge is -2.03. The third-order valence-electron chi connectivity index (χ3n) is 2.77. The summed E-state index contributed by atoms with van der Waals surface area (Å²) in [5.41, 5.74) is 1.51. The largest absolute Gasteiger partial charge is 0.512 e. The molecule has 0 aromatic heterocycles. The van der Waals surface area contributed by atoms with Gasteiger partial charge in [0, 0.05) is 6.42 Å². The van der Waals surface area contributed by atoms with E-state index in [0.717, 1.165) is 5.56 Å². The van der Waals surface area contributed by atoms with Crippen LogP contribution >= 0.6 is 0 Å². The number of rotatable bonds is 5. The first-order chi connectivity index (χ1) is 9.75. The lowest BCUT2D eigenvalue weighted by molar-refractivity contribution is 0.0547. The number of hydrogen-bond donors (Lipinski definition) is 1. The minimum absolute atomic E-state index is 0.0619. The SMILES string of the molecule is O=C(OCC=C(O)Cc1ccccc1)c1ccccc1. The van der Waals surface area contributed by atoms with Crippen molar-refractivity contribution >= 4 is 5.97 Å². The molecule has 0 saturated heterocycles. The van der Waals surface area contributed by atoms with Crippen LogP contribution in [0.25, 0.3) is 0 Å². The van der Waals surface area contributed by atoms with Gasteiger partial charge in [0.05, 0.1) is 11.3 Å². The Morgan fingerprint density at radius 2 is 1.60 bits per heavy atom. The van der Waals surface area contributed by atoms with Crippen molar-refractivity contribution in [3.8, 4) is 0 Å². The van der Waals surface area contributed by atoms with Crippen molar-refractivity contribution in [3.05, 3.63) is 83.6 Å². The van der Waals surface area contributed by atoms with Crippen LogP contribution in [0.1, 0.15) is 15.9 Å². The highest BCUT2D eigenvalue weighted by molar-refractivity contribution is 5.89. The van der Waals surface area contributed by atoms with Crippen LogP contribution in [0.3, 0.4) is 0 Å². The first-order valence-corrected chi connectivity index (χ1v) is 6.40. The third-order valence-corrected chi connectivity index (χ3v) is 2.77. The molecule has 0 atom stereocenters. The Bertz CT molecular complexity index is 574. The van der Waals surface area contributed by atoms with E-state index in [9.17, 15) is 9.90 Å². The molecule has 2 aromatic carbocycles. The predicted octanol–water partition coefficient (Wildman–Crippen LogP) is 3.53. The molecule has 0 bridgehead atoms. The average molecular weight is 268 g/mol. The van der Waals surface area contributed by atoms with E-state index < -0.39 is 5.97 Å². The van der Waals surface area contributed by atoms with Crippen molar-refractivity contribution in [3.63, 3.8) is 0 Å². The van der Waals surface area contributed by atoms with Gasteiger partial charge >= 0.3 is 5.97 Å². The van der Waals surface area contributed by atoms with Crippen molar-refractivity contribution in [2.24, 2.45) is 0 Å². The summed E-state index contributed by atoms with van der Waals surface area (Å²) in [6.07, 6.45) is 1.94. The van der Waals surface area contributed by atoms with Gasteiger partial charge in [0.25, 0.3) is 0 Å². The molecule has 20 heavy (non-hydrogen) atoms. The van der Waals surface area contributed by atoms with E-state index in [0.29, 0.717) is 12.0 Å². The number of esters is 1. The third kappa shape index (κ3) is 4.28. The first-order valence-electron chi connectivity index (χ1n) is 6.40. The van der Waals surface area contributed by atoms with Crippen LogP contribution < -0.4 is 0 Å². The Hall–Kier alpha value is -2.55. The number of hydrogen-bond acceptors (Lipinski definition) is 3. The zero-order chi connectivity index (χ0) is 14.2. The molecule has 0 amide bonds. The minimum atomic E-state index is -0.394. The summed E-state index contributed by atoms with van der Waals surface area (Å²) in [5.74, 6) is -0.202. The summed E-state index contributed by atoms with van der Waals surface area (Å²) in [7, 11) is 0. The highest BCUT2D eigenvalue weighted by Gasteiger charge is 2.04. The van der Waals surface area contributed by atoms with Crippen LogP contribution in [0, 0.1) is 0 Å². The molecule has 3 heteroatoms. The Labute approximate surface area is 118 Å². The molecule has 0 radical (unpaired) electrons. The summed E-state index contributed by atoms with van der Waals surface area (Å²) in [6, 6.07) is 18.4. The second-order valence-corrected chi connectivity index (χ2v) is 4.32. The molecule has 0 spiro atoms. The van der Waals surface area contributed by atoms with Crippen molar-refractivity contribution < 1.29 is 14.6 Å². The molecule has 3 nitrogen and oxygen atoms in total. The van der Waals surface area contributed by atoms with Crippen LogP contribution in [-0.4, -0.2) is 17.7 Å². The van der Waals surface area contributed by atoms with Gasteiger partial charge < -0.3 is 9.84 Å². The highest BCUT2D eigenvalue weighted by atomic mass is 16.5. The molecule has 0 fully saturated rings. The Kier molecular flexibility index (Phi) is 4.95. The van der Waals surface area contributed by atoms with E-state index in [2.05, 4.69) is 0 Å². The summed E-state index contributed by atoms with van der Waals surface area (Å²) in [6.45, 7) is 0.0619. The molecule has 0 aliphatic heterocycles. The van der Waals surface area contributed by atoms with Crippen molar-refractivity contribution in [1.29, 1.82) is 0 Å². The summed E-state index contributed by atoms with van der Waals surface area (Å²) < 4.78 is 5.06. The molecule has 0 aliphatic carbocycles. The van der Waals surface area contributed by atoms with Crippen LogP contribution in [0.4, 0.5) is 0 Å². The lowest BCUT2D eigenvalue weighted by Crippen LogP contribution is -2.05. The molecule has 1 N–H and O–H groups in total. The number of carbonyl (C=O) groups excluding carboxylic acids is 1. The van der Waals surface area contributed by atoms with Gasteiger partial charge in [-0.05, 0) is 23.8 Å². The molecule has 2 rings (SSSR count). The van der Waals surface area contributed by atoms with E-state index in [4.69, 9.17) is 4.74 Å². The maximum Gasteiger partial charge on any atom is 0.338 e. The molecule has 2 aromatic rings. The van der Waals surface area contributed by atoms with Crippen LogP contribution in [0.15, 0.2) is 72.5 Å². The summed E-state index contributed by atoms with van der Waals surface area (Å²) in [4.78, 5) is 11.7. The standard InChI is InChI=1S/C17H16O3/c18-16(13-14-7-3-1-4-8-14)11-12-20-17(19)15-9-5-2-6-10-15/h1-11,18H,12-13H2. The van der Waals surface area contributed by atoms with Gasteiger partial charge in [0.15, 0.2) is 0 Å². The van der Waals surface area contributed by atoms with E-state index >= 15 is 0 Å². The van der Waals surface area contributed by atoms with Gasteiger partial charge in [-0.2, -0.15) is 0 Å². The molecular formula is C17H16O3. The second-order valence-electron chi connectivity index (χ2n) is 4.32. The number of benzene rings is 2. The summed E-state index contributed by atoms with van der Waals surface area (Å²) >= 11 is 0. The predicted molar refractivity (Wildman–Crippen MR) is 77.6 cm³/mol. The average Bonchev–Trinajstić information content (AvgIpc) is 2.49. The van der Waals surface area contributed by atoms with E-state index in [1.807, 2.05) is 36.4 Å². The maximum absolute atomic E-state index is 11.7. The molecule has 0 heterocycles. The van der Waals surface area contributed by atoms with E-state index in [1.165, 1.54) is 6.08 Å². The Morgan fingerprint density at radius 3 is 2.25 bits per heavy atom. The number of allylic oxidation sites excluding steroid dienone is 1. The number of aliphatic hydroxyl groups is 1. The Balaban J connectivity index is 1.82. The molecule has 0 unspecified atom stereocenters. The molecule has 102 valence electrons. The topological polar surface area (TPSA) is 46.5 Å². The molecule has 0 saturated carbocycles. The maximum atomic E-state index is 11.7. The van der Waals surface area contributed by atoms with Crippen molar-refractivity contribution in [2.75, 3.05) is 6.61 Å². The van der Waals surface area contributed by atoms with Gasteiger partial charge in [-0.15, -0.1) is 0 Å². The van der Waals surface area contributed by atoms with Gasteiger partial charge in [0.2, 0.25) is 0 Å². The smallest absolute Gasteiger partial charge is 0.338 e. The normalized spacial score (nSPS) is 11.1. The Morgan fingerprint density at radius 1 is 1.00 bits per heavy atom. The number of carbonyl (C=O) groups is 1. The zero-order valence-corrected chi connectivity index (χ0v) is 11.0. The van der Waals surface area contributed by atoms with Gasteiger partial charge in [-0.1, -0.05) is 48.5 Å². The monoisotopic (exact) mass is 268 g/mol. The number of aliphatic hydroxyl groups excluding tert-OH is 1. The lowest BCUT2D eigenvalue weighted by atomic mass is 10.1. The van der Waals surface area contributed by atoms with Crippen LogP contribution in [-0.2, 0) is 11.2 Å². The van der Waals surface area contributed by atoms with Gasteiger partial charge in [-0.3, -0.25) is 0 Å². The quantitative estimate of drug-likeness (QED) is 0.666. The number of ether oxygens (including phenoxy) is 1. The zero-order valence-electron chi connectivity index (χ0n) is 11.0. The van der Waals surface area contributed by atoms with E-state index in [-0.39, 0.29) is 12.4 Å². The molecular weight excluding hydrogens is 252 g/mol. The van der Waals surface area contributed by atoms with Gasteiger partial charge in [-0.25, -0.2) is 4.79 Å². The fourth-order valence-electron chi connectivity index (χ4n) is 1.75. The fourth-order valence-corrected chi connectivity index (χ4v) is 1.75. The van der Waals surface area contributed by atoms with Gasteiger partial charge in [0.1, 0.15) is 6.61 Å². The van der Waals surface area contributed by atoms with Crippen LogP contribution in [0.2, 0.25) is 0 Å². The summed E-state index contributed by atoms with van der Waals surface area (Å²) in [5, 5.41) is 9.76. The van der Waals surface area contributed by atoms with Crippen LogP contribution in [0.5, 0.6) is 0 Å². The van der Waals surface area contributed by atoms with E-state index in [1.54, 1.807) is 24.3 Å². The molecule has 0 aliphatic rings. The second kappa shape index (κ2) is 7.14. The first kappa shape index (κ1) is 13.9. The van der Waals surface area contributed by atoms with Crippen molar-refractivity contribution in [1.82, 2.24) is 0 Å². The highest BCUT2D eigenvalue weighted by Crippen LogP contribution is 2.06.